The summed E-state index contributed by atoms with van der Waals surface area (Å²) < 4.78 is 1.64. The summed E-state index contributed by atoms with van der Waals surface area (Å²) in [6.45, 7) is 2.06. The number of piperidine rings is 1. The first-order valence-electron chi connectivity index (χ1n) is 11.1. The zero-order valence-electron chi connectivity index (χ0n) is 17.7. The Hall–Kier alpha value is -3.62. The van der Waals surface area contributed by atoms with Crippen molar-refractivity contribution in [2.24, 2.45) is 5.41 Å². The second-order valence-electron chi connectivity index (χ2n) is 8.94. The van der Waals surface area contributed by atoms with Crippen LogP contribution >= 0.6 is 0 Å². The van der Waals surface area contributed by atoms with Crippen molar-refractivity contribution in [2.75, 3.05) is 23.3 Å². The van der Waals surface area contributed by atoms with Crippen LogP contribution in [0.15, 0.2) is 43.1 Å². The maximum atomic E-state index is 12.7. The first-order chi connectivity index (χ1) is 15.7. The Bertz CT molecular complexity index is 1300. The molecule has 4 heterocycles. The van der Waals surface area contributed by atoms with Gasteiger partial charge < -0.3 is 10.2 Å². The molecule has 2 aliphatic rings. The predicted molar refractivity (Wildman–Crippen MR) is 121 cm³/mol. The Morgan fingerprint density at radius 3 is 2.72 bits per heavy atom. The zero-order valence-corrected chi connectivity index (χ0v) is 17.7. The third-order valence-electron chi connectivity index (χ3n) is 6.97. The number of fused-ring (bicyclic) bond motifs is 2. The average molecular weight is 429 g/mol. The van der Waals surface area contributed by atoms with E-state index in [1.807, 2.05) is 18.2 Å². The lowest BCUT2D eigenvalue weighted by molar-refractivity contribution is -0.116. The van der Waals surface area contributed by atoms with Gasteiger partial charge in [0.05, 0.1) is 17.1 Å². The van der Waals surface area contributed by atoms with E-state index >= 15 is 0 Å². The number of benzene rings is 1. The number of aromatic nitrogens is 6. The van der Waals surface area contributed by atoms with E-state index in [4.69, 9.17) is 4.98 Å². The molecule has 1 amide bonds. The van der Waals surface area contributed by atoms with E-state index in [1.165, 1.54) is 38.4 Å². The lowest BCUT2D eigenvalue weighted by Crippen LogP contribution is -2.44. The Balaban J connectivity index is 1.18. The molecule has 3 aromatic heterocycles. The highest BCUT2D eigenvalue weighted by atomic mass is 16.2. The van der Waals surface area contributed by atoms with Crippen LogP contribution in [0.4, 0.5) is 11.6 Å². The van der Waals surface area contributed by atoms with Gasteiger partial charge in [-0.25, -0.2) is 19.6 Å². The fourth-order valence-electron chi connectivity index (χ4n) is 4.87. The van der Waals surface area contributed by atoms with E-state index in [0.29, 0.717) is 16.7 Å². The summed E-state index contributed by atoms with van der Waals surface area (Å²) in [6, 6.07) is 5.57. The number of nitrogens with one attached hydrogen (secondary N) is 1. The maximum absolute atomic E-state index is 12.7. The fraction of sp³-hybridized carbons (Fsp3) is 0.391. The molecule has 1 aliphatic carbocycles. The van der Waals surface area contributed by atoms with Crippen molar-refractivity contribution < 1.29 is 4.79 Å². The summed E-state index contributed by atoms with van der Waals surface area (Å²) in [5, 5.41) is 9.05. The molecular weight excluding hydrogens is 404 g/mol. The normalized spacial score (nSPS) is 17.6. The van der Waals surface area contributed by atoms with Crippen LogP contribution < -0.4 is 10.2 Å². The van der Waals surface area contributed by atoms with Crippen LogP contribution in [0.25, 0.3) is 21.9 Å². The van der Waals surface area contributed by atoms with Crippen molar-refractivity contribution in [3.63, 3.8) is 0 Å². The zero-order chi connectivity index (χ0) is 21.5. The molecule has 1 saturated carbocycles. The summed E-state index contributed by atoms with van der Waals surface area (Å²) in [5.41, 5.74) is 2.73. The van der Waals surface area contributed by atoms with E-state index in [-0.39, 0.29) is 12.5 Å². The van der Waals surface area contributed by atoms with Crippen molar-refractivity contribution >= 4 is 39.5 Å². The van der Waals surface area contributed by atoms with E-state index in [2.05, 4.69) is 30.3 Å². The Kier molecular flexibility index (Phi) is 4.48. The molecule has 6 rings (SSSR count). The monoisotopic (exact) mass is 428 g/mol. The standard InChI is InChI=1S/C23H24N8O/c32-20(28-18-3-2-16-11-24-15-26-19(16)10-18)14-31-21-17(13-27-31)12-25-22(29-21)30-8-6-23(7-9-30)4-1-5-23/h2-3,10-13,15H,1,4-9,14H2,(H,28,32). The van der Waals surface area contributed by atoms with Gasteiger partial charge in [-0.05, 0) is 49.3 Å². The van der Waals surface area contributed by atoms with Gasteiger partial charge in [0.15, 0.2) is 5.65 Å². The van der Waals surface area contributed by atoms with Gasteiger partial charge in [0.1, 0.15) is 12.9 Å². The van der Waals surface area contributed by atoms with Gasteiger partial charge in [0, 0.05) is 36.6 Å². The number of rotatable bonds is 4. The number of carbonyl (C=O) groups is 1. The average Bonchev–Trinajstić information content (AvgIpc) is 3.20. The van der Waals surface area contributed by atoms with Crippen molar-refractivity contribution in [1.29, 1.82) is 0 Å². The molecule has 32 heavy (non-hydrogen) atoms. The van der Waals surface area contributed by atoms with Crippen LogP contribution in [-0.4, -0.2) is 48.7 Å². The van der Waals surface area contributed by atoms with Gasteiger partial charge in [-0.1, -0.05) is 6.42 Å². The SMILES string of the molecule is O=C(Cn1ncc2cnc(N3CCC4(CCC4)CC3)nc21)Nc1ccc2cncnc2c1. The van der Waals surface area contributed by atoms with Gasteiger partial charge in [0.2, 0.25) is 11.9 Å². The second kappa shape index (κ2) is 7.51. The lowest BCUT2D eigenvalue weighted by atomic mass is 9.63. The first-order valence-corrected chi connectivity index (χ1v) is 11.1. The summed E-state index contributed by atoms with van der Waals surface area (Å²) >= 11 is 0. The second-order valence-corrected chi connectivity index (χ2v) is 8.94. The molecule has 1 aliphatic heterocycles. The van der Waals surface area contributed by atoms with E-state index in [9.17, 15) is 4.79 Å². The third kappa shape index (κ3) is 3.43. The number of hydrogen-bond acceptors (Lipinski definition) is 7. The van der Waals surface area contributed by atoms with Crippen molar-refractivity contribution in [3.8, 4) is 0 Å². The maximum Gasteiger partial charge on any atom is 0.246 e. The predicted octanol–water partition coefficient (Wildman–Crippen LogP) is 3.18. The Labute approximate surface area is 184 Å². The van der Waals surface area contributed by atoms with Crippen LogP contribution in [0.1, 0.15) is 32.1 Å². The highest BCUT2D eigenvalue weighted by molar-refractivity contribution is 5.93. The molecule has 9 heteroatoms. The van der Waals surface area contributed by atoms with Crippen molar-refractivity contribution in [2.45, 2.75) is 38.6 Å². The molecule has 0 radical (unpaired) electrons. The van der Waals surface area contributed by atoms with Crippen LogP contribution in [0.2, 0.25) is 0 Å². The molecule has 0 bridgehead atoms. The fourth-order valence-corrected chi connectivity index (χ4v) is 4.87. The summed E-state index contributed by atoms with van der Waals surface area (Å²) in [6.07, 6.45) is 13.3. The number of amides is 1. The van der Waals surface area contributed by atoms with Crippen molar-refractivity contribution in [1.82, 2.24) is 29.7 Å². The first kappa shape index (κ1) is 19.1. The molecule has 9 nitrogen and oxygen atoms in total. The molecule has 1 aromatic carbocycles. The summed E-state index contributed by atoms with van der Waals surface area (Å²) in [4.78, 5) is 32.5. The minimum atomic E-state index is -0.173. The largest absolute Gasteiger partial charge is 0.341 e. The lowest BCUT2D eigenvalue weighted by Gasteiger charge is -2.47. The molecule has 162 valence electrons. The molecule has 1 spiro atoms. The van der Waals surface area contributed by atoms with Crippen LogP contribution in [0.5, 0.6) is 0 Å². The van der Waals surface area contributed by atoms with Gasteiger partial charge in [-0.2, -0.15) is 10.1 Å². The summed E-state index contributed by atoms with van der Waals surface area (Å²) in [7, 11) is 0. The van der Waals surface area contributed by atoms with Crippen LogP contribution in [0, 0.1) is 5.41 Å². The highest BCUT2D eigenvalue weighted by Crippen LogP contribution is 2.49. The Morgan fingerprint density at radius 2 is 1.91 bits per heavy atom. The van der Waals surface area contributed by atoms with Gasteiger partial charge in [-0.3, -0.25) is 4.79 Å². The Morgan fingerprint density at radius 1 is 1.03 bits per heavy atom. The van der Waals surface area contributed by atoms with E-state index < -0.39 is 0 Å². The molecule has 1 N–H and O–H groups in total. The van der Waals surface area contributed by atoms with E-state index in [0.717, 1.165) is 35.3 Å². The topological polar surface area (TPSA) is 102 Å². The molecule has 0 unspecified atom stereocenters. The molecule has 1 saturated heterocycles. The number of hydrogen-bond donors (Lipinski definition) is 1. The number of anilines is 2. The third-order valence-corrected chi connectivity index (χ3v) is 6.97. The minimum Gasteiger partial charge on any atom is -0.341 e. The molecule has 2 fully saturated rings. The molecule has 0 atom stereocenters. The molecule has 4 aromatic rings. The van der Waals surface area contributed by atoms with Gasteiger partial charge >= 0.3 is 0 Å². The quantitative estimate of drug-likeness (QED) is 0.533. The van der Waals surface area contributed by atoms with Gasteiger partial charge in [0.25, 0.3) is 0 Å². The van der Waals surface area contributed by atoms with Crippen LogP contribution in [0.3, 0.4) is 0 Å². The van der Waals surface area contributed by atoms with Gasteiger partial charge in [-0.15, -0.1) is 0 Å². The number of nitrogens with zero attached hydrogens (tertiary/aromatic N) is 7. The van der Waals surface area contributed by atoms with Crippen LogP contribution in [-0.2, 0) is 11.3 Å². The minimum absolute atomic E-state index is 0.0743. The number of carbonyl (C=O) groups excluding carboxylic acids is 1. The van der Waals surface area contributed by atoms with E-state index in [1.54, 1.807) is 23.3 Å². The smallest absolute Gasteiger partial charge is 0.246 e. The molecular formula is C23H24N8O. The summed E-state index contributed by atoms with van der Waals surface area (Å²) in [5.74, 6) is 0.552. The van der Waals surface area contributed by atoms with Crippen molar-refractivity contribution in [3.05, 3.63) is 43.1 Å². The highest BCUT2D eigenvalue weighted by Gasteiger charge is 2.39.